The molecule has 16 heavy (non-hydrogen) atoms. The highest BCUT2D eigenvalue weighted by molar-refractivity contribution is 8.00. The lowest BCUT2D eigenvalue weighted by Crippen LogP contribution is -2.11. The Morgan fingerprint density at radius 2 is 2.25 bits per heavy atom. The fraction of sp³-hybridized carbons (Fsp3) is 0.462. The van der Waals surface area contributed by atoms with Crippen molar-refractivity contribution in [3.05, 3.63) is 29.8 Å². The highest BCUT2D eigenvalue weighted by Crippen LogP contribution is 2.25. The number of nitrogens with zero attached hydrogens (tertiary/aromatic N) is 1. The van der Waals surface area contributed by atoms with Gasteiger partial charge >= 0.3 is 0 Å². The Morgan fingerprint density at radius 1 is 1.44 bits per heavy atom. The van der Waals surface area contributed by atoms with Crippen LogP contribution in [0.3, 0.4) is 0 Å². The highest BCUT2D eigenvalue weighted by atomic mass is 32.2. The molecule has 1 aromatic rings. The van der Waals surface area contributed by atoms with Crippen molar-refractivity contribution < 1.29 is 0 Å². The van der Waals surface area contributed by atoms with Gasteiger partial charge in [-0.1, -0.05) is 26.0 Å². The topological polar surface area (TPSA) is 35.8 Å². The number of benzene rings is 1. The van der Waals surface area contributed by atoms with E-state index in [4.69, 9.17) is 5.26 Å². The largest absolute Gasteiger partial charge is 0.313 e. The molecule has 0 aliphatic rings. The maximum atomic E-state index is 8.91. The predicted molar refractivity (Wildman–Crippen MR) is 69.4 cm³/mol. The Hall–Kier alpha value is -0.980. The van der Waals surface area contributed by atoms with Crippen molar-refractivity contribution in [2.24, 2.45) is 0 Å². The second-order valence-electron chi connectivity index (χ2n) is 3.57. The van der Waals surface area contributed by atoms with Crippen molar-refractivity contribution >= 4 is 11.8 Å². The Balaban J connectivity index is 2.63. The molecule has 0 heterocycles. The molecule has 2 nitrogen and oxygen atoms in total. The van der Waals surface area contributed by atoms with Crippen LogP contribution in [0.5, 0.6) is 0 Å². The van der Waals surface area contributed by atoms with Crippen LogP contribution in [0.15, 0.2) is 29.2 Å². The molecule has 0 saturated carbocycles. The number of hydrogen-bond acceptors (Lipinski definition) is 3. The van der Waals surface area contributed by atoms with Crippen LogP contribution in [-0.4, -0.2) is 11.8 Å². The van der Waals surface area contributed by atoms with E-state index in [1.165, 1.54) is 10.5 Å². The normalized spacial score (nSPS) is 12.1. The van der Waals surface area contributed by atoms with Gasteiger partial charge in [-0.3, -0.25) is 0 Å². The molecule has 0 bridgehead atoms. The minimum atomic E-state index is 0.0642. The van der Waals surface area contributed by atoms with E-state index in [0.29, 0.717) is 0 Å². The zero-order valence-corrected chi connectivity index (χ0v) is 10.7. The van der Waals surface area contributed by atoms with Crippen molar-refractivity contribution in [3.63, 3.8) is 0 Å². The number of rotatable bonds is 6. The van der Waals surface area contributed by atoms with E-state index in [1.807, 2.05) is 6.92 Å². The summed E-state index contributed by atoms with van der Waals surface area (Å²) < 4.78 is 0. The summed E-state index contributed by atoms with van der Waals surface area (Å²) >= 11 is 1.65. The Morgan fingerprint density at radius 3 is 2.88 bits per heavy atom. The molecule has 0 spiro atoms. The number of thioether (sulfide) groups is 1. The van der Waals surface area contributed by atoms with Crippen LogP contribution < -0.4 is 5.32 Å². The molecule has 1 N–H and O–H groups in total. The average molecular weight is 234 g/mol. The van der Waals surface area contributed by atoms with Crippen LogP contribution in [-0.2, 0) is 6.54 Å². The number of hydrogen-bond donors (Lipinski definition) is 1. The fourth-order valence-electron chi connectivity index (χ4n) is 1.36. The Kier molecular flexibility index (Phi) is 5.99. The maximum Gasteiger partial charge on any atom is 0.0961 e. The van der Waals surface area contributed by atoms with Gasteiger partial charge in [-0.25, -0.2) is 0 Å². The third kappa shape index (κ3) is 4.26. The van der Waals surface area contributed by atoms with Gasteiger partial charge in [-0.2, -0.15) is 5.26 Å². The monoisotopic (exact) mass is 234 g/mol. The molecular weight excluding hydrogens is 216 g/mol. The van der Waals surface area contributed by atoms with Gasteiger partial charge in [-0.15, -0.1) is 11.8 Å². The predicted octanol–water partition coefficient (Wildman–Crippen LogP) is 3.19. The minimum Gasteiger partial charge on any atom is -0.313 e. The summed E-state index contributed by atoms with van der Waals surface area (Å²) in [5, 5.41) is 12.3. The SMILES string of the molecule is CCNCc1cccc(SC(C#N)CC)c1. The maximum absolute atomic E-state index is 8.91. The molecule has 0 amide bonds. The first kappa shape index (κ1) is 13.1. The first-order valence-electron chi connectivity index (χ1n) is 5.66. The van der Waals surface area contributed by atoms with Crippen LogP contribution >= 0.6 is 11.8 Å². The molecule has 1 aromatic carbocycles. The second kappa shape index (κ2) is 7.32. The van der Waals surface area contributed by atoms with Crippen LogP contribution in [0.25, 0.3) is 0 Å². The van der Waals surface area contributed by atoms with E-state index in [0.717, 1.165) is 19.5 Å². The smallest absolute Gasteiger partial charge is 0.0961 e. The molecule has 0 aromatic heterocycles. The highest BCUT2D eigenvalue weighted by Gasteiger charge is 2.06. The summed E-state index contributed by atoms with van der Waals surface area (Å²) in [5.41, 5.74) is 1.28. The third-order valence-electron chi connectivity index (χ3n) is 2.27. The molecule has 86 valence electrons. The molecule has 0 aliphatic heterocycles. The van der Waals surface area contributed by atoms with E-state index >= 15 is 0 Å². The average Bonchev–Trinajstić information content (AvgIpc) is 2.34. The van der Waals surface area contributed by atoms with E-state index in [1.54, 1.807) is 11.8 Å². The van der Waals surface area contributed by atoms with Crippen LogP contribution in [0, 0.1) is 11.3 Å². The van der Waals surface area contributed by atoms with Gasteiger partial charge < -0.3 is 5.32 Å². The van der Waals surface area contributed by atoms with Crippen molar-refractivity contribution in [1.29, 1.82) is 5.26 Å². The van der Waals surface area contributed by atoms with Gasteiger partial charge in [-0.05, 0) is 30.7 Å². The van der Waals surface area contributed by atoms with Crippen molar-refractivity contribution in [2.75, 3.05) is 6.54 Å². The summed E-state index contributed by atoms with van der Waals surface area (Å²) in [7, 11) is 0. The summed E-state index contributed by atoms with van der Waals surface area (Å²) in [6, 6.07) is 10.7. The summed E-state index contributed by atoms with van der Waals surface area (Å²) in [4.78, 5) is 1.18. The molecule has 1 unspecified atom stereocenters. The number of nitrogens with one attached hydrogen (secondary N) is 1. The molecule has 0 radical (unpaired) electrons. The van der Waals surface area contributed by atoms with Crippen LogP contribution in [0.1, 0.15) is 25.8 Å². The van der Waals surface area contributed by atoms with E-state index in [9.17, 15) is 0 Å². The lowest BCUT2D eigenvalue weighted by atomic mass is 10.2. The van der Waals surface area contributed by atoms with E-state index in [-0.39, 0.29) is 5.25 Å². The molecule has 3 heteroatoms. The summed E-state index contributed by atoms with van der Waals surface area (Å²) in [6.45, 7) is 6.02. The summed E-state index contributed by atoms with van der Waals surface area (Å²) in [5.74, 6) is 0. The first-order valence-corrected chi connectivity index (χ1v) is 6.54. The van der Waals surface area contributed by atoms with Gasteiger partial charge in [0.05, 0.1) is 11.3 Å². The molecule has 0 aliphatic carbocycles. The van der Waals surface area contributed by atoms with Crippen LogP contribution in [0.2, 0.25) is 0 Å². The number of nitriles is 1. The van der Waals surface area contributed by atoms with Crippen molar-refractivity contribution in [1.82, 2.24) is 5.32 Å². The molecule has 0 fully saturated rings. The molecule has 1 rings (SSSR count). The van der Waals surface area contributed by atoms with Gasteiger partial charge in [0.15, 0.2) is 0 Å². The molecule has 1 atom stereocenters. The van der Waals surface area contributed by atoms with Crippen molar-refractivity contribution in [3.8, 4) is 6.07 Å². The minimum absolute atomic E-state index is 0.0642. The van der Waals surface area contributed by atoms with Gasteiger partial charge in [0.2, 0.25) is 0 Å². The summed E-state index contributed by atoms with van der Waals surface area (Å²) in [6.07, 6.45) is 0.888. The Bertz CT molecular complexity index is 357. The standard InChI is InChI=1S/C13H18N2S/c1-3-12(9-14)16-13-7-5-6-11(8-13)10-15-4-2/h5-8,12,15H,3-4,10H2,1-2H3. The van der Waals surface area contributed by atoms with E-state index in [2.05, 4.69) is 42.6 Å². The Labute approximate surface area is 102 Å². The fourth-order valence-corrected chi connectivity index (χ4v) is 2.29. The third-order valence-corrected chi connectivity index (χ3v) is 3.52. The van der Waals surface area contributed by atoms with E-state index < -0.39 is 0 Å². The van der Waals surface area contributed by atoms with Crippen molar-refractivity contribution in [2.45, 2.75) is 37.0 Å². The van der Waals surface area contributed by atoms with Gasteiger partial charge in [0, 0.05) is 11.4 Å². The quantitative estimate of drug-likeness (QED) is 0.768. The van der Waals surface area contributed by atoms with Gasteiger partial charge in [0.25, 0.3) is 0 Å². The van der Waals surface area contributed by atoms with Crippen LogP contribution in [0.4, 0.5) is 0 Å². The zero-order valence-electron chi connectivity index (χ0n) is 9.86. The van der Waals surface area contributed by atoms with Gasteiger partial charge in [0.1, 0.15) is 0 Å². The lowest BCUT2D eigenvalue weighted by molar-refractivity contribution is 0.725. The first-order chi connectivity index (χ1) is 7.80. The zero-order chi connectivity index (χ0) is 11.8. The lowest BCUT2D eigenvalue weighted by Gasteiger charge is -2.08. The molecule has 0 saturated heterocycles. The second-order valence-corrected chi connectivity index (χ2v) is 4.85. The molecular formula is C13H18N2S.